The van der Waals surface area contributed by atoms with Crippen LogP contribution in [-0.2, 0) is 0 Å². The van der Waals surface area contributed by atoms with Crippen molar-refractivity contribution in [2.24, 2.45) is 0 Å². The number of methoxy groups -OCH3 is 2. The highest BCUT2D eigenvalue weighted by Gasteiger charge is 2.20. The van der Waals surface area contributed by atoms with Gasteiger partial charge in [0.2, 0.25) is 0 Å². The maximum Gasteiger partial charge on any atom is 0.170 e. The number of anilines is 1. The minimum Gasteiger partial charge on any atom is -0.493 e. The molecule has 154 valence electrons. The molecule has 0 aliphatic rings. The molecular formula is C25H22N4O2. The number of hydrogen-bond donors (Lipinski definition) is 0. The Bertz CT molecular complexity index is 1270. The highest BCUT2D eigenvalue weighted by Crippen LogP contribution is 2.45. The fourth-order valence-electron chi connectivity index (χ4n) is 3.64. The van der Waals surface area contributed by atoms with Crippen molar-refractivity contribution >= 4 is 16.6 Å². The molecule has 31 heavy (non-hydrogen) atoms. The fourth-order valence-corrected chi connectivity index (χ4v) is 3.64. The van der Waals surface area contributed by atoms with Gasteiger partial charge in [0.25, 0.3) is 0 Å². The Morgan fingerprint density at radius 2 is 1.55 bits per heavy atom. The van der Waals surface area contributed by atoms with Gasteiger partial charge in [0.1, 0.15) is 6.33 Å². The van der Waals surface area contributed by atoms with Gasteiger partial charge in [-0.15, -0.1) is 0 Å². The number of aromatic nitrogens is 2. The van der Waals surface area contributed by atoms with Crippen LogP contribution in [0.4, 0.5) is 5.69 Å². The van der Waals surface area contributed by atoms with Crippen molar-refractivity contribution in [3.63, 3.8) is 0 Å². The number of hydrogen-bond acceptors (Lipinski definition) is 6. The van der Waals surface area contributed by atoms with Crippen LogP contribution in [0.5, 0.6) is 11.5 Å². The van der Waals surface area contributed by atoms with E-state index in [-0.39, 0.29) is 0 Å². The van der Waals surface area contributed by atoms with Crippen LogP contribution < -0.4 is 14.4 Å². The molecule has 6 heteroatoms. The SMILES string of the molecule is COc1cc2c(-c3ccc(N(C)C)cc3)ncnc2c(-c2ccc(C#N)cc2)c1OC. The minimum absolute atomic E-state index is 0.589. The second kappa shape index (κ2) is 8.33. The van der Waals surface area contributed by atoms with Crippen molar-refractivity contribution < 1.29 is 9.47 Å². The van der Waals surface area contributed by atoms with E-state index in [1.165, 1.54) is 0 Å². The maximum atomic E-state index is 9.15. The van der Waals surface area contributed by atoms with Crippen molar-refractivity contribution in [3.05, 3.63) is 66.5 Å². The summed E-state index contributed by atoms with van der Waals surface area (Å²) in [6, 6.07) is 19.6. The maximum absolute atomic E-state index is 9.15. The van der Waals surface area contributed by atoms with Gasteiger partial charge in [-0.05, 0) is 35.9 Å². The molecule has 0 saturated heterocycles. The predicted molar refractivity (Wildman–Crippen MR) is 123 cm³/mol. The van der Waals surface area contributed by atoms with E-state index >= 15 is 0 Å². The first kappa shape index (κ1) is 20.2. The molecule has 0 radical (unpaired) electrons. The Morgan fingerprint density at radius 3 is 2.13 bits per heavy atom. The molecule has 3 aromatic carbocycles. The number of ether oxygens (including phenoxy) is 2. The minimum atomic E-state index is 0.589. The van der Waals surface area contributed by atoms with E-state index in [1.54, 1.807) is 32.7 Å². The molecule has 0 unspecified atom stereocenters. The van der Waals surface area contributed by atoms with E-state index in [1.807, 2.05) is 32.3 Å². The molecule has 4 aromatic rings. The van der Waals surface area contributed by atoms with Crippen molar-refractivity contribution in [3.8, 4) is 40.0 Å². The Balaban J connectivity index is 2.00. The van der Waals surface area contributed by atoms with Gasteiger partial charge in [0, 0.05) is 30.7 Å². The summed E-state index contributed by atoms with van der Waals surface area (Å²) in [7, 11) is 7.24. The second-order valence-electron chi connectivity index (χ2n) is 7.24. The molecule has 0 aliphatic carbocycles. The van der Waals surface area contributed by atoms with Crippen LogP contribution >= 0.6 is 0 Å². The van der Waals surface area contributed by atoms with Gasteiger partial charge in [-0.1, -0.05) is 24.3 Å². The van der Waals surface area contributed by atoms with Crippen LogP contribution in [-0.4, -0.2) is 38.3 Å². The Labute approximate surface area is 181 Å². The summed E-state index contributed by atoms with van der Waals surface area (Å²) in [5.74, 6) is 1.18. The zero-order chi connectivity index (χ0) is 22.0. The van der Waals surface area contributed by atoms with Gasteiger partial charge in [0.05, 0.1) is 42.6 Å². The topological polar surface area (TPSA) is 71.3 Å². The molecule has 6 nitrogen and oxygen atoms in total. The molecule has 0 atom stereocenters. The normalized spacial score (nSPS) is 10.5. The molecule has 0 N–H and O–H groups in total. The number of nitrogens with zero attached hydrogens (tertiary/aromatic N) is 4. The molecule has 0 amide bonds. The average Bonchev–Trinajstić information content (AvgIpc) is 2.82. The van der Waals surface area contributed by atoms with E-state index in [4.69, 9.17) is 14.7 Å². The predicted octanol–water partition coefficient (Wildman–Crippen LogP) is 4.92. The van der Waals surface area contributed by atoms with Crippen LogP contribution in [0.15, 0.2) is 60.9 Å². The summed E-state index contributed by atoms with van der Waals surface area (Å²) in [5.41, 5.74) is 5.93. The summed E-state index contributed by atoms with van der Waals surface area (Å²) in [6.07, 6.45) is 1.57. The molecule has 0 aliphatic heterocycles. The lowest BCUT2D eigenvalue weighted by molar-refractivity contribution is 0.357. The van der Waals surface area contributed by atoms with Crippen LogP contribution in [0, 0.1) is 11.3 Å². The quantitative estimate of drug-likeness (QED) is 0.465. The first-order chi connectivity index (χ1) is 15.1. The lowest BCUT2D eigenvalue weighted by Gasteiger charge is -2.17. The van der Waals surface area contributed by atoms with E-state index in [9.17, 15) is 0 Å². The Morgan fingerprint density at radius 1 is 0.871 bits per heavy atom. The lowest BCUT2D eigenvalue weighted by atomic mass is 9.97. The molecule has 1 aromatic heterocycles. The molecule has 4 rings (SSSR count). The zero-order valence-electron chi connectivity index (χ0n) is 17.9. The van der Waals surface area contributed by atoms with Gasteiger partial charge < -0.3 is 14.4 Å². The highest BCUT2D eigenvalue weighted by atomic mass is 16.5. The van der Waals surface area contributed by atoms with Crippen LogP contribution in [0.1, 0.15) is 5.56 Å². The third-order valence-electron chi connectivity index (χ3n) is 5.23. The van der Waals surface area contributed by atoms with Gasteiger partial charge >= 0.3 is 0 Å². The number of benzene rings is 3. The van der Waals surface area contributed by atoms with Gasteiger partial charge in [0.15, 0.2) is 11.5 Å². The fraction of sp³-hybridized carbons (Fsp3) is 0.160. The van der Waals surface area contributed by atoms with E-state index in [0.717, 1.165) is 39.0 Å². The van der Waals surface area contributed by atoms with Crippen molar-refractivity contribution in [2.75, 3.05) is 33.2 Å². The van der Waals surface area contributed by atoms with Crippen molar-refractivity contribution in [2.45, 2.75) is 0 Å². The first-order valence-electron chi connectivity index (χ1n) is 9.75. The van der Waals surface area contributed by atoms with Crippen LogP contribution in [0.25, 0.3) is 33.3 Å². The number of rotatable bonds is 5. The number of fused-ring (bicyclic) bond motifs is 1. The smallest absolute Gasteiger partial charge is 0.170 e. The van der Waals surface area contributed by atoms with Crippen LogP contribution in [0.3, 0.4) is 0 Å². The third-order valence-corrected chi connectivity index (χ3v) is 5.23. The molecule has 1 heterocycles. The van der Waals surface area contributed by atoms with Gasteiger partial charge in [-0.2, -0.15) is 5.26 Å². The summed E-state index contributed by atoms with van der Waals surface area (Å²) >= 11 is 0. The summed E-state index contributed by atoms with van der Waals surface area (Å²) in [4.78, 5) is 11.2. The molecule has 0 spiro atoms. The molecule has 0 fully saturated rings. The van der Waals surface area contributed by atoms with Gasteiger partial charge in [-0.25, -0.2) is 9.97 Å². The first-order valence-corrected chi connectivity index (χ1v) is 9.75. The van der Waals surface area contributed by atoms with Crippen molar-refractivity contribution in [1.29, 1.82) is 5.26 Å². The van der Waals surface area contributed by atoms with Crippen LogP contribution in [0.2, 0.25) is 0 Å². The Kier molecular flexibility index (Phi) is 5.42. The highest BCUT2D eigenvalue weighted by molar-refractivity contribution is 6.04. The lowest BCUT2D eigenvalue weighted by Crippen LogP contribution is -2.08. The molecule has 0 bridgehead atoms. The van der Waals surface area contributed by atoms with Crippen molar-refractivity contribution in [1.82, 2.24) is 9.97 Å². The van der Waals surface area contributed by atoms with Gasteiger partial charge in [-0.3, -0.25) is 0 Å². The zero-order valence-corrected chi connectivity index (χ0v) is 17.9. The third kappa shape index (κ3) is 3.62. The largest absolute Gasteiger partial charge is 0.493 e. The van der Waals surface area contributed by atoms with E-state index < -0.39 is 0 Å². The van der Waals surface area contributed by atoms with E-state index in [2.05, 4.69) is 45.2 Å². The summed E-state index contributed by atoms with van der Waals surface area (Å²) in [6.45, 7) is 0. The summed E-state index contributed by atoms with van der Waals surface area (Å²) in [5, 5.41) is 10.0. The van der Waals surface area contributed by atoms with E-state index in [0.29, 0.717) is 17.1 Å². The number of nitriles is 1. The monoisotopic (exact) mass is 410 g/mol. The molecule has 0 saturated carbocycles. The second-order valence-corrected chi connectivity index (χ2v) is 7.24. The Hall–Kier alpha value is -4.11. The standard InChI is InChI=1S/C25H22N4O2/c1-29(2)19-11-9-18(10-12-19)23-20-13-21(30-3)25(31-4)22(24(20)28-15-27-23)17-7-5-16(14-26)6-8-17/h5-13,15H,1-4H3. The molecular weight excluding hydrogens is 388 g/mol. The summed E-state index contributed by atoms with van der Waals surface area (Å²) < 4.78 is 11.4. The average molecular weight is 410 g/mol.